The van der Waals surface area contributed by atoms with Gasteiger partial charge in [-0.2, -0.15) is 0 Å². The molecule has 3 rings (SSSR count). The average Bonchev–Trinajstić information content (AvgIpc) is 2.82. The molecule has 1 N–H and O–H groups in total. The molecule has 1 aliphatic heterocycles. The van der Waals surface area contributed by atoms with E-state index in [0.29, 0.717) is 6.54 Å². The molecule has 0 aliphatic carbocycles. The summed E-state index contributed by atoms with van der Waals surface area (Å²) in [5, 5.41) is 9.95. The first-order valence-corrected chi connectivity index (χ1v) is 7.33. The van der Waals surface area contributed by atoms with Crippen LogP contribution in [-0.4, -0.2) is 28.2 Å². The fraction of sp³-hybridized carbons (Fsp3) is 0.278. The molecule has 2 aromatic rings. The molecule has 1 heterocycles. The van der Waals surface area contributed by atoms with Crippen LogP contribution in [0.25, 0.3) is 0 Å². The van der Waals surface area contributed by atoms with Crippen LogP contribution in [0.2, 0.25) is 0 Å². The number of hydrogen-bond acceptors (Lipinski definition) is 3. The van der Waals surface area contributed by atoms with E-state index in [9.17, 15) is 9.90 Å². The number of nitrogens with zero attached hydrogens (tertiary/aromatic N) is 1. The zero-order valence-electron chi connectivity index (χ0n) is 12.5. The van der Waals surface area contributed by atoms with Crippen molar-refractivity contribution in [3.05, 3.63) is 71.8 Å². The zero-order valence-corrected chi connectivity index (χ0v) is 12.5. The molecule has 1 aliphatic rings. The quantitative estimate of drug-likeness (QED) is 0.943. The van der Waals surface area contributed by atoms with Crippen molar-refractivity contribution in [2.75, 3.05) is 6.61 Å². The van der Waals surface area contributed by atoms with Crippen LogP contribution in [0.3, 0.4) is 0 Å². The molecule has 22 heavy (non-hydrogen) atoms. The summed E-state index contributed by atoms with van der Waals surface area (Å²) in [6.07, 6.45) is -0.871. The Kier molecular flexibility index (Phi) is 3.86. The lowest BCUT2D eigenvalue weighted by molar-refractivity contribution is 0.0497. The molecule has 0 unspecified atom stereocenters. The first-order valence-electron chi connectivity index (χ1n) is 7.33. The monoisotopic (exact) mass is 297 g/mol. The fourth-order valence-corrected chi connectivity index (χ4v) is 2.88. The highest BCUT2D eigenvalue weighted by Gasteiger charge is 2.51. The Morgan fingerprint density at radius 3 is 2.27 bits per heavy atom. The first-order chi connectivity index (χ1) is 10.6. The van der Waals surface area contributed by atoms with Crippen LogP contribution < -0.4 is 0 Å². The number of aliphatic hydroxyl groups excluding tert-OH is 1. The number of carbonyl (C=O) groups is 1. The number of aliphatic hydroxyl groups is 1. The van der Waals surface area contributed by atoms with Crippen molar-refractivity contribution in [2.24, 2.45) is 0 Å². The van der Waals surface area contributed by atoms with Crippen LogP contribution in [-0.2, 0) is 11.3 Å². The third-order valence-corrected chi connectivity index (χ3v) is 4.23. The lowest BCUT2D eigenvalue weighted by atomic mass is 9.89. The smallest absolute Gasteiger partial charge is 0.411 e. The molecule has 0 radical (unpaired) electrons. The van der Waals surface area contributed by atoms with Crippen LogP contribution in [0, 0.1) is 0 Å². The van der Waals surface area contributed by atoms with Gasteiger partial charge >= 0.3 is 6.09 Å². The van der Waals surface area contributed by atoms with Gasteiger partial charge in [-0.25, -0.2) is 4.79 Å². The number of ether oxygens (including phenoxy) is 1. The highest BCUT2D eigenvalue weighted by Crippen LogP contribution is 2.41. The minimum Gasteiger partial charge on any atom is -0.439 e. The molecular formula is C18H19NO3. The van der Waals surface area contributed by atoms with Crippen molar-refractivity contribution in [3.8, 4) is 0 Å². The van der Waals surface area contributed by atoms with Gasteiger partial charge in [0.05, 0.1) is 6.61 Å². The predicted molar refractivity (Wildman–Crippen MR) is 83.1 cm³/mol. The normalized spacial score (nSPS) is 24.4. The van der Waals surface area contributed by atoms with Crippen molar-refractivity contribution in [1.82, 2.24) is 4.90 Å². The molecule has 0 aromatic heterocycles. The lowest BCUT2D eigenvalue weighted by Gasteiger charge is -2.34. The largest absolute Gasteiger partial charge is 0.439 e. The van der Waals surface area contributed by atoms with Gasteiger partial charge in [-0.05, 0) is 18.1 Å². The lowest BCUT2D eigenvalue weighted by Crippen LogP contribution is -2.48. The summed E-state index contributed by atoms with van der Waals surface area (Å²) in [4.78, 5) is 13.9. The Labute approximate surface area is 130 Å². The van der Waals surface area contributed by atoms with Crippen LogP contribution >= 0.6 is 0 Å². The number of cyclic esters (lactones) is 1. The number of hydrogen-bond donors (Lipinski definition) is 1. The molecule has 0 spiro atoms. The highest BCUT2D eigenvalue weighted by molar-refractivity contribution is 5.72. The van der Waals surface area contributed by atoms with Crippen molar-refractivity contribution in [1.29, 1.82) is 0 Å². The number of amides is 1. The van der Waals surface area contributed by atoms with Crippen molar-refractivity contribution >= 4 is 6.09 Å². The standard InChI is InChI=1S/C18H19NO3/c1-18(13-20)16(15-10-6-3-7-11-15)22-17(21)19(18)12-14-8-4-2-5-9-14/h2-11,16,20H,12-13H2,1H3/t16-,18+/m0/s1. The number of carbonyl (C=O) groups excluding carboxylic acids is 1. The molecular weight excluding hydrogens is 278 g/mol. The van der Waals surface area contributed by atoms with Gasteiger partial charge in [-0.15, -0.1) is 0 Å². The van der Waals surface area contributed by atoms with E-state index in [1.165, 1.54) is 0 Å². The summed E-state index contributed by atoms with van der Waals surface area (Å²) in [6.45, 7) is 2.11. The van der Waals surface area contributed by atoms with Crippen molar-refractivity contribution < 1.29 is 14.6 Å². The van der Waals surface area contributed by atoms with Crippen LogP contribution in [0.15, 0.2) is 60.7 Å². The third-order valence-electron chi connectivity index (χ3n) is 4.23. The Morgan fingerprint density at radius 1 is 1.09 bits per heavy atom. The molecule has 1 fully saturated rings. The predicted octanol–water partition coefficient (Wildman–Crippen LogP) is 3.13. The second kappa shape index (κ2) is 5.81. The van der Waals surface area contributed by atoms with E-state index in [2.05, 4.69) is 0 Å². The second-order valence-electron chi connectivity index (χ2n) is 5.76. The maximum atomic E-state index is 12.3. The topological polar surface area (TPSA) is 49.8 Å². The van der Waals surface area contributed by atoms with Gasteiger partial charge in [0.25, 0.3) is 0 Å². The Hall–Kier alpha value is -2.33. The molecule has 4 nitrogen and oxygen atoms in total. The maximum absolute atomic E-state index is 12.3. The van der Waals surface area contributed by atoms with Gasteiger partial charge < -0.3 is 9.84 Å². The first kappa shape index (κ1) is 14.6. The van der Waals surface area contributed by atoms with E-state index >= 15 is 0 Å². The number of benzene rings is 2. The van der Waals surface area contributed by atoms with E-state index in [0.717, 1.165) is 11.1 Å². The third kappa shape index (κ3) is 2.46. The average molecular weight is 297 g/mol. The molecule has 0 bridgehead atoms. The van der Waals surface area contributed by atoms with Crippen molar-refractivity contribution in [2.45, 2.75) is 25.1 Å². The number of rotatable bonds is 4. The minimum absolute atomic E-state index is 0.162. The van der Waals surface area contributed by atoms with Gasteiger partial charge in [0.2, 0.25) is 0 Å². The summed E-state index contributed by atoms with van der Waals surface area (Å²) >= 11 is 0. The van der Waals surface area contributed by atoms with Crippen LogP contribution in [0.5, 0.6) is 0 Å². The van der Waals surface area contributed by atoms with Crippen LogP contribution in [0.1, 0.15) is 24.2 Å². The van der Waals surface area contributed by atoms with Gasteiger partial charge in [-0.3, -0.25) is 4.90 Å². The fourth-order valence-electron chi connectivity index (χ4n) is 2.88. The molecule has 4 heteroatoms. The van der Waals surface area contributed by atoms with Gasteiger partial charge in [-0.1, -0.05) is 60.7 Å². The van der Waals surface area contributed by atoms with E-state index in [1.807, 2.05) is 67.6 Å². The highest BCUT2D eigenvalue weighted by atomic mass is 16.6. The second-order valence-corrected chi connectivity index (χ2v) is 5.76. The van der Waals surface area contributed by atoms with E-state index in [-0.39, 0.29) is 6.61 Å². The summed E-state index contributed by atoms with van der Waals surface area (Å²) < 4.78 is 5.57. The van der Waals surface area contributed by atoms with Gasteiger partial charge in [0, 0.05) is 6.54 Å². The summed E-state index contributed by atoms with van der Waals surface area (Å²) in [5.41, 5.74) is 1.12. The van der Waals surface area contributed by atoms with Gasteiger partial charge in [0.15, 0.2) is 6.10 Å². The summed E-state index contributed by atoms with van der Waals surface area (Å²) in [7, 11) is 0. The van der Waals surface area contributed by atoms with Crippen molar-refractivity contribution in [3.63, 3.8) is 0 Å². The van der Waals surface area contributed by atoms with E-state index < -0.39 is 17.7 Å². The molecule has 0 saturated carbocycles. The molecule has 2 atom stereocenters. The Morgan fingerprint density at radius 2 is 1.68 bits per heavy atom. The summed E-state index contributed by atoms with van der Waals surface area (Å²) in [5.74, 6) is 0. The van der Waals surface area contributed by atoms with E-state index in [4.69, 9.17) is 4.74 Å². The summed E-state index contributed by atoms with van der Waals surface area (Å²) in [6, 6.07) is 19.3. The Bertz CT molecular complexity index is 644. The maximum Gasteiger partial charge on any atom is 0.411 e. The van der Waals surface area contributed by atoms with Gasteiger partial charge in [0.1, 0.15) is 5.54 Å². The molecule has 2 aromatic carbocycles. The molecule has 1 saturated heterocycles. The zero-order chi connectivity index (χ0) is 15.6. The Balaban J connectivity index is 1.92. The molecule has 1 amide bonds. The van der Waals surface area contributed by atoms with E-state index in [1.54, 1.807) is 4.90 Å². The molecule has 114 valence electrons. The van der Waals surface area contributed by atoms with Crippen LogP contribution in [0.4, 0.5) is 4.79 Å². The minimum atomic E-state index is -0.783. The SMILES string of the molecule is C[C@@]1(CO)[C@H](c2ccccc2)OC(=O)N1Cc1ccccc1.